The van der Waals surface area contributed by atoms with Crippen molar-refractivity contribution >= 4 is 0 Å². The van der Waals surface area contributed by atoms with Gasteiger partial charge in [0.1, 0.15) is 12.0 Å². The first kappa shape index (κ1) is 15.7. The van der Waals surface area contributed by atoms with Crippen molar-refractivity contribution in [2.75, 3.05) is 13.2 Å². The second kappa shape index (κ2) is 7.33. The summed E-state index contributed by atoms with van der Waals surface area (Å²) < 4.78 is 5.33. The summed E-state index contributed by atoms with van der Waals surface area (Å²) in [5, 5.41) is 9.50. The van der Waals surface area contributed by atoms with Gasteiger partial charge < -0.3 is 26.7 Å². The fourth-order valence-electron chi connectivity index (χ4n) is 2.38. The summed E-state index contributed by atoms with van der Waals surface area (Å²) in [5.74, 6) is 0.681. The lowest BCUT2D eigenvalue weighted by atomic mass is 9.94. The van der Waals surface area contributed by atoms with Crippen LogP contribution in [0.5, 0.6) is 0 Å². The van der Waals surface area contributed by atoms with Gasteiger partial charge in [0.25, 0.3) is 0 Å². The first-order valence-corrected chi connectivity index (χ1v) is 7.02. The smallest absolute Gasteiger partial charge is 0.118 e. The van der Waals surface area contributed by atoms with Gasteiger partial charge in [0.05, 0.1) is 24.5 Å². The monoisotopic (exact) mass is 290 g/mol. The van der Waals surface area contributed by atoms with Crippen LogP contribution in [0.4, 0.5) is 0 Å². The molecule has 0 aromatic carbocycles. The SMILES string of the molecule is NCCC(CO)c1ccc(-c2coc(CN)c2)nc1CN. The molecule has 1 unspecified atom stereocenters. The van der Waals surface area contributed by atoms with Gasteiger partial charge in [0.15, 0.2) is 0 Å². The van der Waals surface area contributed by atoms with Crippen molar-refractivity contribution in [3.63, 3.8) is 0 Å². The Bertz CT molecular complexity index is 583. The maximum absolute atomic E-state index is 9.50. The van der Waals surface area contributed by atoms with Crippen LogP contribution in [0.15, 0.2) is 28.9 Å². The van der Waals surface area contributed by atoms with E-state index < -0.39 is 0 Å². The third kappa shape index (κ3) is 3.48. The van der Waals surface area contributed by atoms with Crippen LogP contribution in [0, 0.1) is 0 Å². The molecule has 6 heteroatoms. The van der Waals surface area contributed by atoms with Gasteiger partial charge in [-0.25, -0.2) is 0 Å². The number of nitrogens with two attached hydrogens (primary N) is 3. The molecule has 21 heavy (non-hydrogen) atoms. The van der Waals surface area contributed by atoms with E-state index in [-0.39, 0.29) is 12.5 Å². The first-order valence-electron chi connectivity index (χ1n) is 7.02. The van der Waals surface area contributed by atoms with Crippen molar-refractivity contribution in [3.8, 4) is 11.3 Å². The minimum atomic E-state index is -0.0287. The third-order valence-corrected chi connectivity index (χ3v) is 3.53. The fraction of sp³-hybridized carbons (Fsp3) is 0.400. The molecule has 114 valence electrons. The molecule has 0 saturated heterocycles. The highest BCUT2D eigenvalue weighted by Crippen LogP contribution is 2.26. The summed E-state index contributed by atoms with van der Waals surface area (Å²) in [4.78, 5) is 4.58. The van der Waals surface area contributed by atoms with Crippen molar-refractivity contribution < 1.29 is 9.52 Å². The maximum Gasteiger partial charge on any atom is 0.118 e. The number of aliphatic hydroxyl groups excluding tert-OH is 1. The van der Waals surface area contributed by atoms with Crippen molar-refractivity contribution in [3.05, 3.63) is 41.5 Å². The molecule has 0 radical (unpaired) electrons. The van der Waals surface area contributed by atoms with Crippen molar-refractivity contribution in [1.82, 2.24) is 4.98 Å². The molecule has 2 aromatic heterocycles. The molecule has 1 atom stereocenters. The van der Waals surface area contributed by atoms with Crippen LogP contribution >= 0.6 is 0 Å². The molecule has 0 aliphatic heterocycles. The highest BCUT2D eigenvalue weighted by atomic mass is 16.3. The minimum absolute atomic E-state index is 0.0287. The van der Waals surface area contributed by atoms with Gasteiger partial charge in [0, 0.05) is 18.0 Å². The van der Waals surface area contributed by atoms with Crippen LogP contribution in [0.25, 0.3) is 11.3 Å². The van der Waals surface area contributed by atoms with E-state index in [2.05, 4.69) is 4.98 Å². The fourth-order valence-corrected chi connectivity index (χ4v) is 2.38. The average Bonchev–Trinajstić information content (AvgIpc) is 3.01. The third-order valence-electron chi connectivity index (χ3n) is 3.53. The number of hydrogen-bond donors (Lipinski definition) is 4. The molecule has 0 aliphatic carbocycles. The van der Waals surface area contributed by atoms with Crippen molar-refractivity contribution in [2.24, 2.45) is 17.2 Å². The molecular weight excluding hydrogens is 268 g/mol. The van der Waals surface area contributed by atoms with Gasteiger partial charge in [-0.05, 0) is 30.7 Å². The number of hydrogen-bond acceptors (Lipinski definition) is 6. The average molecular weight is 290 g/mol. The molecule has 7 N–H and O–H groups in total. The molecule has 2 aromatic rings. The van der Waals surface area contributed by atoms with Crippen LogP contribution in [-0.2, 0) is 13.1 Å². The zero-order valence-electron chi connectivity index (χ0n) is 12.0. The minimum Gasteiger partial charge on any atom is -0.467 e. The summed E-state index contributed by atoms with van der Waals surface area (Å²) in [5.41, 5.74) is 20.3. The Morgan fingerprint density at radius 2 is 2.00 bits per heavy atom. The molecule has 6 nitrogen and oxygen atoms in total. The van der Waals surface area contributed by atoms with E-state index in [1.165, 1.54) is 0 Å². The molecule has 0 saturated carbocycles. The van der Waals surface area contributed by atoms with Gasteiger partial charge in [0.2, 0.25) is 0 Å². The number of pyridine rings is 1. The lowest BCUT2D eigenvalue weighted by Gasteiger charge is -2.17. The number of nitrogens with zero attached hydrogens (tertiary/aromatic N) is 1. The lowest BCUT2D eigenvalue weighted by Crippen LogP contribution is -2.15. The van der Waals surface area contributed by atoms with E-state index in [1.807, 2.05) is 18.2 Å². The van der Waals surface area contributed by atoms with Gasteiger partial charge in [-0.3, -0.25) is 4.98 Å². The second-order valence-electron chi connectivity index (χ2n) is 4.90. The van der Waals surface area contributed by atoms with E-state index in [4.69, 9.17) is 21.6 Å². The Morgan fingerprint density at radius 3 is 2.57 bits per heavy atom. The summed E-state index contributed by atoms with van der Waals surface area (Å²) >= 11 is 0. The van der Waals surface area contributed by atoms with E-state index in [9.17, 15) is 5.11 Å². The van der Waals surface area contributed by atoms with Gasteiger partial charge in [-0.1, -0.05) is 6.07 Å². The van der Waals surface area contributed by atoms with Crippen LogP contribution < -0.4 is 17.2 Å². The molecule has 0 amide bonds. The zero-order chi connectivity index (χ0) is 15.2. The number of rotatable bonds is 7. The Kier molecular flexibility index (Phi) is 5.46. The highest BCUT2D eigenvalue weighted by molar-refractivity contribution is 5.59. The topological polar surface area (TPSA) is 124 Å². The first-order chi connectivity index (χ1) is 10.2. The van der Waals surface area contributed by atoms with Gasteiger partial charge in [-0.2, -0.15) is 0 Å². The van der Waals surface area contributed by atoms with E-state index in [0.717, 1.165) is 22.5 Å². The van der Waals surface area contributed by atoms with Gasteiger partial charge >= 0.3 is 0 Å². The van der Waals surface area contributed by atoms with Crippen molar-refractivity contribution in [2.45, 2.75) is 25.4 Å². The largest absolute Gasteiger partial charge is 0.467 e. The predicted octanol–water partition coefficient (Wildman–Crippen LogP) is 0.684. The maximum atomic E-state index is 9.50. The Morgan fingerprint density at radius 1 is 1.19 bits per heavy atom. The molecular formula is C15H22N4O2. The quantitative estimate of drug-likeness (QED) is 0.594. The lowest BCUT2D eigenvalue weighted by molar-refractivity contribution is 0.259. The number of aliphatic hydroxyl groups is 1. The van der Waals surface area contributed by atoms with Crippen molar-refractivity contribution in [1.29, 1.82) is 0 Å². The normalized spacial score (nSPS) is 12.6. The zero-order valence-corrected chi connectivity index (χ0v) is 12.0. The summed E-state index contributed by atoms with van der Waals surface area (Å²) in [6.07, 6.45) is 2.33. The Balaban J connectivity index is 2.35. The number of aromatic nitrogens is 1. The summed E-state index contributed by atoms with van der Waals surface area (Å²) in [6, 6.07) is 5.72. The molecule has 0 bridgehead atoms. The molecule has 2 rings (SSSR count). The van der Waals surface area contributed by atoms with Crippen LogP contribution in [0.3, 0.4) is 0 Å². The number of furan rings is 1. The summed E-state index contributed by atoms with van der Waals surface area (Å²) in [6.45, 7) is 1.21. The Hall–Kier alpha value is -1.73. The van der Waals surface area contributed by atoms with Gasteiger partial charge in [-0.15, -0.1) is 0 Å². The highest BCUT2D eigenvalue weighted by Gasteiger charge is 2.16. The molecule has 0 spiro atoms. The van der Waals surface area contributed by atoms with E-state index in [0.29, 0.717) is 31.8 Å². The molecule has 0 aliphatic rings. The summed E-state index contributed by atoms with van der Waals surface area (Å²) in [7, 11) is 0. The second-order valence-corrected chi connectivity index (χ2v) is 4.90. The van der Waals surface area contributed by atoms with Crippen LogP contribution in [0.1, 0.15) is 29.4 Å². The van der Waals surface area contributed by atoms with Crippen LogP contribution in [0.2, 0.25) is 0 Å². The molecule has 0 fully saturated rings. The van der Waals surface area contributed by atoms with Crippen LogP contribution in [-0.4, -0.2) is 23.2 Å². The van der Waals surface area contributed by atoms with E-state index >= 15 is 0 Å². The Labute approximate surface area is 124 Å². The van der Waals surface area contributed by atoms with E-state index in [1.54, 1.807) is 6.26 Å². The molecule has 2 heterocycles. The predicted molar refractivity (Wildman–Crippen MR) is 81.2 cm³/mol. The standard InChI is InChI=1S/C15H22N4O2/c16-4-3-10(8-20)13-1-2-14(19-15(13)7-18)11-5-12(6-17)21-9-11/h1-2,5,9-10,20H,3-4,6-8,16-18H2.